The van der Waals surface area contributed by atoms with Gasteiger partial charge in [0.2, 0.25) is 5.91 Å². The van der Waals surface area contributed by atoms with Crippen LogP contribution in [0.3, 0.4) is 0 Å². The molecule has 1 amide bonds. The van der Waals surface area contributed by atoms with E-state index in [0.29, 0.717) is 17.4 Å². The van der Waals surface area contributed by atoms with E-state index in [9.17, 15) is 4.79 Å². The minimum absolute atomic E-state index is 0.169. The van der Waals surface area contributed by atoms with Gasteiger partial charge in [-0.25, -0.2) is 0 Å². The van der Waals surface area contributed by atoms with Crippen molar-refractivity contribution in [2.24, 2.45) is 0 Å². The van der Waals surface area contributed by atoms with Crippen LogP contribution in [0.4, 0.5) is 5.69 Å². The fraction of sp³-hybridized carbons (Fsp3) is 0.286. The van der Waals surface area contributed by atoms with Crippen molar-refractivity contribution >= 4 is 17.7 Å². The van der Waals surface area contributed by atoms with Crippen LogP contribution in [0.1, 0.15) is 36.5 Å². The number of hydrogen-bond acceptors (Lipinski definition) is 3. The van der Waals surface area contributed by atoms with Gasteiger partial charge >= 0.3 is 0 Å². The van der Waals surface area contributed by atoms with Crippen LogP contribution in [0.2, 0.25) is 0 Å². The number of carbonyl (C=O) groups excluding carboxylic acids is 1. The quantitative estimate of drug-likeness (QED) is 0.770. The van der Waals surface area contributed by atoms with Crippen molar-refractivity contribution in [2.45, 2.75) is 26.7 Å². The topological polar surface area (TPSA) is 47.6 Å². The van der Waals surface area contributed by atoms with E-state index < -0.39 is 0 Å². The first kappa shape index (κ1) is 18.6. The van der Waals surface area contributed by atoms with Crippen molar-refractivity contribution in [3.8, 4) is 11.5 Å². The van der Waals surface area contributed by atoms with E-state index in [-0.39, 0.29) is 5.91 Å². The van der Waals surface area contributed by atoms with Gasteiger partial charge in [-0.3, -0.25) is 4.79 Å². The Hall–Kier alpha value is -2.75. The number of benzene rings is 2. The van der Waals surface area contributed by atoms with Gasteiger partial charge in [-0.1, -0.05) is 32.0 Å². The van der Waals surface area contributed by atoms with Gasteiger partial charge in [0.1, 0.15) is 11.5 Å². The Labute approximate surface area is 149 Å². The SMILES string of the molecule is COc1cc(/C=C/C(=O)Nc2c(C)cccc2C(C)C)cc(OC)c1. The molecule has 25 heavy (non-hydrogen) atoms. The molecule has 0 fully saturated rings. The lowest BCUT2D eigenvalue weighted by molar-refractivity contribution is -0.111. The van der Waals surface area contributed by atoms with Crippen molar-refractivity contribution in [3.63, 3.8) is 0 Å². The second-order valence-corrected chi connectivity index (χ2v) is 6.16. The Morgan fingerprint density at radius 3 is 2.28 bits per heavy atom. The highest BCUT2D eigenvalue weighted by Gasteiger charge is 2.10. The summed E-state index contributed by atoms with van der Waals surface area (Å²) in [5.74, 6) is 1.53. The maximum Gasteiger partial charge on any atom is 0.248 e. The number of hydrogen-bond donors (Lipinski definition) is 1. The zero-order valence-electron chi connectivity index (χ0n) is 15.4. The number of nitrogens with one attached hydrogen (secondary N) is 1. The zero-order chi connectivity index (χ0) is 18.4. The largest absolute Gasteiger partial charge is 0.497 e. The molecule has 4 heteroatoms. The molecular weight excluding hydrogens is 314 g/mol. The minimum atomic E-state index is -0.169. The predicted octanol–water partition coefficient (Wildman–Crippen LogP) is 4.79. The first-order valence-corrected chi connectivity index (χ1v) is 8.26. The third kappa shape index (κ3) is 4.86. The highest BCUT2D eigenvalue weighted by atomic mass is 16.5. The van der Waals surface area contributed by atoms with Crippen molar-refractivity contribution in [1.82, 2.24) is 0 Å². The lowest BCUT2D eigenvalue weighted by atomic mass is 9.98. The third-order valence-electron chi connectivity index (χ3n) is 3.98. The highest BCUT2D eigenvalue weighted by Crippen LogP contribution is 2.27. The summed E-state index contributed by atoms with van der Waals surface area (Å²) in [5, 5.41) is 3.00. The molecule has 0 unspecified atom stereocenters. The third-order valence-corrected chi connectivity index (χ3v) is 3.98. The fourth-order valence-corrected chi connectivity index (χ4v) is 2.60. The summed E-state index contributed by atoms with van der Waals surface area (Å²) >= 11 is 0. The summed E-state index contributed by atoms with van der Waals surface area (Å²) in [4.78, 5) is 12.4. The summed E-state index contributed by atoms with van der Waals surface area (Å²) < 4.78 is 10.5. The Balaban J connectivity index is 2.20. The van der Waals surface area contributed by atoms with Crippen LogP contribution in [-0.2, 0) is 4.79 Å². The van der Waals surface area contributed by atoms with Gasteiger partial charge in [-0.2, -0.15) is 0 Å². The molecular formula is C21H25NO3. The van der Waals surface area contributed by atoms with Gasteiger partial charge in [0.15, 0.2) is 0 Å². The molecule has 0 bridgehead atoms. The van der Waals surface area contributed by atoms with Crippen LogP contribution in [0, 0.1) is 6.92 Å². The summed E-state index contributed by atoms with van der Waals surface area (Å²) in [5.41, 5.74) is 3.90. The van der Waals surface area contributed by atoms with E-state index in [4.69, 9.17) is 9.47 Å². The molecule has 1 N–H and O–H groups in total. The summed E-state index contributed by atoms with van der Waals surface area (Å²) in [6, 6.07) is 11.5. The monoisotopic (exact) mass is 339 g/mol. The van der Waals surface area contributed by atoms with Crippen LogP contribution < -0.4 is 14.8 Å². The van der Waals surface area contributed by atoms with E-state index >= 15 is 0 Å². The Morgan fingerprint density at radius 2 is 1.72 bits per heavy atom. The van der Waals surface area contributed by atoms with E-state index in [1.54, 1.807) is 26.4 Å². The number of rotatable bonds is 6. The molecule has 0 saturated carbocycles. The molecule has 0 saturated heterocycles. The maximum absolute atomic E-state index is 12.4. The van der Waals surface area contributed by atoms with Crippen molar-refractivity contribution < 1.29 is 14.3 Å². The molecule has 0 heterocycles. The van der Waals surface area contributed by atoms with Crippen LogP contribution in [-0.4, -0.2) is 20.1 Å². The summed E-state index contributed by atoms with van der Waals surface area (Å²) in [6.45, 7) is 6.23. The van der Waals surface area contributed by atoms with E-state index in [1.807, 2.05) is 37.3 Å². The van der Waals surface area contributed by atoms with Gasteiger partial charge in [0.05, 0.1) is 14.2 Å². The Morgan fingerprint density at radius 1 is 1.08 bits per heavy atom. The van der Waals surface area contributed by atoms with E-state index in [1.165, 1.54) is 6.08 Å². The molecule has 0 aliphatic heterocycles. The van der Waals surface area contributed by atoms with Crippen LogP contribution >= 0.6 is 0 Å². The van der Waals surface area contributed by atoms with Gasteiger partial charge in [0.25, 0.3) is 0 Å². The molecule has 0 atom stereocenters. The van der Waals surface area contributed by atoms with Gasteiger partial charge in [-0.15, -0.1) is 0 Å². The highest BCUT2D eigenvalue weighted by molar-refractivity contribution is 6.02. The molecule has 0 aliphatic carbocycles. The minimum Gasteiger partial charge on any atom is -0.497 e. The first-order chi connectivity index (χ1) is 11.9. The Bertz CT molecular complexity index is 756. The summed E-state index contributed by atoms with van der Waals surface area (Å²) in [6.07, 6.45) is 3.26. The smallest absolute Gasteiger partial charge is 0.248 e. The normalized spacial score (nSPS) is 11.0. The molecule has 0 radical (unpaired) electrons. The lowest BCUT2D eigenvalue weighted by Crippen LogP contribution is -2.11. The molecule has 4 nitrogen and oxygen atoms in total. The number of ether oxygens (including phenoxy) is 2. The van der Waals surface area contributed by atoms with Crippen molar-refractivity contribution in [2.75, 3.05) is 19.5 Å². The van der Waals surface area contributed by atoms with Crippen LogP contribution in [0.5, 0.6) is 11.5 Å². The average Bonchev–Trinajstić information content (AvgIpc) is 2.61. The van der Waals surface area contributed by atoms with Crippen molar-refractivity contribution in [3.05, 3.63) is 59.2 Å². The van der Waals surface area contributed by atoms with E-state index in [2.05, 4.69) is 19.2 Å². The molecule has 0 aliphatic rings. The molecule has 132 valence electrons. The van der Waals surface area contributed by atoms with Gasteiger partial charge in [0, 0.05) is 17.8 Å². The van der Waals surface area contributed by atoms with Crippen LogP contribution in [0.15, 0.2) is 42.5 Å². The standard InChI is InChI=1S/C21H25NO3/c1-14(2)19-8-6-7-15(3)21(19)22-20(23)10-9-16-11-17(24-4)13-18(12-16)25-5/h6-14H,1-5H3,(H,22,23)/b10-9+. The number of aryl methyl sites for hydroxylation is 1. The van der Waals surface area contributed by atoms with Crippen LogP contribution in [0.25, 0.3) is 6.08 Å². The number of methoxy groups -OCH3 is 2. The van der Waals surface area contributed by atoms with Gasteiger partial charge < -0.3 is 14.8 Å². The molecule has 0 aromatic heterocycles. The fourth-order valence-electron chi connectivity index (χ4n) is 2.60. The average molecular weight is 339 g/mol. The molecule has 2 aromatic rings. The number of amides is 1. The summed E-state index contributed by atoms with van der Waals surface area (Å²) in [7, 11) is 3.20. The number of anilines is 1. The lowest BCUT2D eigenvalue weighted by Gasteiger charge is -2.15. The Kier molecular flexibility index (Phi) is 6.23. The first-order valence-electron chi connectivity index (χ1n) is 8.26. The van der Waals surface area contributed by atoms with Crippen molar-refractivity contribution in [1.29, 1.82) is 0 Å². The second kappa shape index (κ2) is 8.38. The predicted molar refractivity (Wildman–Crippen MR) is 102 cm³/mol. The molecule has 2 aromatic carbocycles. The number of para-hydroxylation sites is 1. The molecule has 0 spiro atoms. The molecule has 2 rings (SSSR count). The number of carbonyl (C=O) groups is 1. The van der Waals surface area contributed by atoms with Gasteiger partial charge in [-0.05, 0) is 47.7 Å². The maximum atomic E-state index is 12.4. The van der Waals surface area contributed by atoms with E-state index in [0.717, 1.165) is 22.4 Å². The zero-order valence-corrected chi connectivity index (χ0v) is 15.4. The second-order valence-electron chi connectivity index (χ2n) is 6.16.